The maximum absolute atomic E-state index is 13.6. The van der Waals surface area contributed by atoms with Crippen LogP contribution in [-0.4, -0.2) is 96.8 Å². The monoisotopic (exact) mass is 773 g/mol. The van der Waals surface area contributed by atoms with E-state index in [1.54, 1.807) is 20.4 Å². The summed E-state index contributed by atoms with van der Waals surface area (Å²) in [7, 11) is 5.41. The van der Waals surface area contributed by atoms with Crippen LogP contribution < -0.4 is 25.8 Å². The summed E-state index contributed by atoms with van der Waals surface area (Å²) in [5.74, 6) is 0.352. The number of likely N-dealkylation sites (tertiary alicyclic amines) is 2. The van der Waals surface area contributed by atoms with Gasteiger partial charge in [-0.3, -0.25) is 24.5 Å². The van der Waals surface area contributed by atoms with Crippen LogP contribution in [0.5, 0.6) is 5.75 Å². The third-order valence-electron chi connectivity index (χ3n) is 11.8. The van der Waals surface area contributed by atoms with Crippen LogP contribution in [0.4, 0.5) is 11.4 Å². The molecule has 3 amide bonds. The Bertz CT molecular complexity index is 1880. The van der Waals surface area contributed by atoms with Crippen LogP contribution in [0.15, 0.2) is 57.9 Å². The van der Waals surface area contributed by atoms with E-state index < -0.39 is 0 Å². The average Bonchev–Trinajstić information content (AvgIpc) is 3.15. The van der Waals surface area contributed by atoms with E-state index in [2.05, 4.69) is 66.7 Å². The summed E-state index contributed by atoms with van der Waals surface area (Å²) in [6.07, 6.45) is 7.57. The van der Waals surface area contributed by atoms with E-state index in [-0.39, 0.29) is 40.7 Å². The lowest BCUT2D eigenvalue weighted by Crippen LogP contribution is -2.48. The van der Waals surface area contributed by atoms with Crippen LogP contribution in [-0.2, 0) is 16.6 Å². The van der Waals surface area contributed by atoms with Gasteiger partial charge in [0.1, 0.15) is 10.2 Å². The van der Waals surface area contributed by atoms with Crippen LogP contribution in [0.3, 0.4) is 0 Å². The normalized spacial score (nSPS) is 23.7. The average molecular weight is 775 g/mol. The molecule has 7 rings (SSSR count). The van der Waals surface area contributed by atoms with E-state index in [4.69, 9.17) is 4.74 Å². The van der Waals surface area contributed by atoms with Crippen molar-refractivity contribution in [3.05, 3.63) is 80.2 Å². The van der Waals surface area contributed by atoms with Crippen molar-refractivity contribution < 1.29 is 19.1 Å². The molecule has 0 saturated carbocycles. The van der Waals surface area contributed by atoms with Crippen molar-refractivity contribution in [3.8, 4) is 5.75 Å². The summed E-state index contributed by atoms with van der Waals surface area (Å²) in [5, 5.41) is 10.1. The highest BCUT2D eigenvalue weighted by atomic mass is 79.9. The number of halogens is 1. The number of nitrogens with zero attached hydrogens (tertiary/aromatic N) is 5. The highest BCUT2D eigenvalue weighted by Crippen LogP contribution is 2.44. The molecule has 0 aliphatic carbocycles. The third-order valence-corrected chi connectivity index (χ3v) is 12.6. The molecule has 0 radical (unpaired) electrons. The third kappa shape index (κ3) is 7.48. The smallest absolute Gasteiger partial charge is 0.282 e. The standard InChI is InChI=1S/C39H48BrN7O5/c1-44-23-28(20-29(24-44)42-31-22-41-45(2)38(51)35(31)40)25-4-6-26(7-5-25)37(50)47-18-14-39(15-19-47)12-16-46(17-13-39)32-10-8-27(21-33(32)52-3)30-9-11-34(48)43-36(30)49/h4-8,10,21-22,28-30,42H,9,11-20,23-24H2,1-3H3,(H,43,48,49). The number of hydrogen-bond acceptors (Lipinski definition) is 9. The lowest BCUT2D eigenvalue weighted by molar-refractivity contribution is -0.134. The molecular formula is C39H48BrN7O5. The van der Waals surface area contributed by atoms with Gasteiger partial charge in [0.05, 0.1) is 30.6 Å². The molecule has 4 saturated heterocycles. The Balaban J connectivity index is 0.921. The number of carbonyl (C=O) groups excluding carboxylic acids is 3. The number of hydrogen-bond donors (Lipinski definition) is 2. The lowest BCUT2D eigenvalue weighted by Gasteiger charge is -2.47. The van der Waals surface area contributed by atoms with E-state index in [1.807, 2.05) is 29.2 Å². The second-order valence-electron chi connectivity index (χ2n) is 15.1. The second kappa shape index (κ2) is 15.0. The van der Waals surface area contributed by atoms with E-state index in [1.165, 1.54) is 10.2 Å². The summed E-state index contributed by atoms with van der Waals surface area (Å²) in [6, 6.07) is 14.3. The van der Waals surface area contributed by atoms with Gasteiger partial charge in [0, 0.05) is 64.3 Å². The van der Waals surface area contributed by atoms with E-state index in [0.717, 1.165) is 93.9 Å². The van der Waals surface area contributed by atoms with Gasteiger partial charge in [0.15, 0.2) is 0 Å². The van der Waals surface area contributed by atoms with Gasteiger partial charge >= 0.3 is 0 Å². The number of ether oxygens (including phenoxy) is 1. The molecule has 2 N–H and O–H groups in total. The fourth-order valence-electron chi connectivity index (χ4n) is 8.67. The molecule has 3 aromatic rings. The highest BCUT2D eigenvalue weighted by Gasteiger charge is 2.39. The molecule has 13 heteroatoms. The molecule has 276 valence electrons. The van der Waals surface area contributed by atoms with Gasteiger partial charge in [-0.2, -0.15) is 5.10 Å². The number of likely N-dealkylation sites (N-methyl/N-ethyl adjacent to an activating group) is 1. The van der Waals surface area contributed by atoms with Crippen molar-refractivity contribution in [2.75, 3.05) is 63.6 Å². The van der Waals surface area contributed by atoms with Gasteiger partial charge in [-0.25, -0.2) is 4.68 Å². The molecular weight excluding hydrogens is 726 g/mol. The van der Waals surface area contributed by atoms with E-state index in [0.29, 0.717) is 28.9 Å². The van der Waals surface area contributed by atoms with Crippen molar-refractivity contribution in [2.24, 2.45) is 12.5 Å². The number of rotatable bonds is 7. The van der Waals surface area contributed by atoms with Crippen LogP contribution in [0, 0.1) is 5.41 Å². The Morgan fingerprint density at radius 1 is 0.962 bits per heavy atom. The number of carbonyl (C=O) groups is 3. The Hall–Kier alpha value is -4.23. The predicted octanol–water partition coefficient (Wildman–Crippen LogP) is 4.49. The molecule has 0 bridgehead atoms. The topological polar surface area (TPSA) is 129 Å². The Morgan fingerprint density at radius 3 is 2.35 bits per heavy atom. The Kier molecular flexibility index (Phi) is 10.4. The number of benzene rings is 2. The number of aromatic nitrogens is 2. The van der Waals surface area contributed by atoms with Gasteiger partial charge < -0.3 is 24.8 Å². The molecule has 4 aliphatic rings. The number of nitrogens with one attached hydrogen (secondary N) is 2. The molecule has 12 nitrogen and oxygen atoms in total. The molecule has 4 aliphatic heterocycles. The van der Waals surface area contributed by atoms with Crippen LogP contribution in [0.25, 0.3) is 0 Å². The molecule has 5 heterocycles. The predicted molar refractivity (Wildman–Crippen MR) is 203 cm³/mol. The van der Waals surface area contributed by atoms with Gasteiger partial charge in [0.25, 0.3) is 11.5 Å². The quantitative estimate of drug-likeness (QED) is 0.334. The molecule has 1 aromatic heterocycles. The summed E-state index contributed by atoms with van der Waals surface area (Å²) >= 11 is 3.43. The summed E-state index contributed by atoms with van der Waals surface area (Å²) in [4.78, 5) is 56.8. The zero-order valence-electron chi connectivity index (χ0n) is 30.2. The number of amides is 3. The minimum Gasteiger partial charge on any atom is -0.495 e. The first kappa shape index (κ1) is 36.1. The second-order valence-corrected chi connectivity index (χ2v) is 15.9. The number of methoxy groups -OCH3 is 1. The van der Waals surface area contributed by atoms with E-state index >= 15 is 0 Å². The highest BCUT2D eigenvalue weighted by molar-refractivity contribution is 9.10. The Morgan fingerprint density at radius 2 is 1.65 bits per heavy atom. The van der Waals surface area contributed by atoms with Gasteiger partial charge in [-0.05, 0) is 108 Å². The number of anilines is 2. The summed E-state index contributed by atoms with van der Waals surface area (Å²) in [5.41, 5.74) is 4.61. The fourth-order valence-corrected chi connectivity index (χ4v) is 9.14. The van der Waals surface area contributed by atoms with Crippen LogP contribution in [0.2, 0.25) is 0 Å². The van der Waals surface area contributed by atoms with Crippen molar-refractivity contribution in [1.82, 2.24) is 24.9 Å². The van der Waals surface area contributed by atoms with Crippen LogP contribution in [0.1, 0.15) is 78.3 Å². The fraction of sp³-hybridized carbons (Fsp3) is 0.513. The van der Waals surface area contributed by atoms with Crippen molar-refractivity contribution in [1.29, 1.82) is 0 Å². The van der Waals surface area contributed by atoms with Gasteiger partial charge in [0.2, 0.25) is 11.8 Å². The van der Waals surface area contributed by atoms with Crippen molar-refractivity contribution in [2.45, 2.75) is 62.8 Å². The maximum Gasteiger partial charge on any atom is 0.282 e. The molecule has 2 aromatic carbocycles. The van der Waals surface area contributed by atoms with Crippen LogP contribution >= 0.6 is 15.9 Å². The first-order chi connectivity index (χ1) is 25.0. The summed E-state index contributed by atoms with van der Waals surface area (Å²) < 4.78 is 7.59. The van der Waals surface area contributed by atoms with Gasteiger partial charge in [-0.15, -0.1) is 0 Å². The van der Waals surface area contributed by atoms with E-state index in [9.17, 15) is 19.2 Å². The van der Waals surface area contributed by atoms with Crippen molar-refractivity contribution >= 4 is 45.0 Å². The van der Waals surface area contributed by atoms with Gasteiger partial charge in [-0.1, -0.05) is 18.2 Å². The zero-order chi connectivity index (χ0) is 36.6. The lowest BCUT2D eigenvalue weighted by atomic mass is 9.71. The molecule has 1 spiro atoms. The molecule has 3 unspecified atom stereocenters. The SMILES string of the molecule is COc1cc(C2CCC(=O)NC2=O)ccc1N1CCC2(CCN(C(=O)c3ccc(C4CC(Nc5cnn(C)c(=O)c5Br)CN(C)C4)cc3)CC2)CC1. The summed E-state index contributed by atoms with van der Waals surface area (Å²) in [6.45, 7) is 5.13. The Labute approximate surface area is 313 Å². The number of aryl methyl sites for hydroxylation is 1. The first-order valence-electron chi connectivity index (χ1n) is 18.4. The molecule has 52 heavy (non-hydrogen) atoms. The first-order valence-corrected chi connectivity index (χ1v) is 19.1. The molecule has 3 atom stereocenters. The number of imide groups is 1. The largest absolute Gasteiger partial charge is 0.495 e. The molecule has 4 fully saturated rings. The number of piperidine rings is 4. The maximum atomic E-state index is 13.6. The minimum atomic E-state index is -0.341. The zero-order valence-corrected chi connectivity index (χ0v) is 31.8. The van der Waals surface area contributed by atoms with Crippen molar-refractivity contribution in [3.63, 3.8) is 0 Å². The minimum absolute atomic E-state index is 0.1000.